The molecule has 0 spiro atoms. The lowest BCUT2D eigenvalue weighted by Crippen LogP contribution is -2.16. The highest BCUT2D eigenvalue weighted by Gasteiger charge is 1.98. The third kappa shape index (κ3) is 4.14. The zero-order valence-electron chi connectivity index (χ0n) is 5.29. The van der Waals surface area contributed by atoms with Crippen LogP contribution in [0.4, 0.5) is 0 Å². The molecule has 0 fully saturated rings. The second kappa shape index (κ2) is 5.75. The third-order valence-electron chi connectivity index (χ3n) is 0.866. The molecular formula is C6H12O3. The molecule has 3 nitrogen and oxygen atoms in total. The van der Waals surface area contributed by atoms with Crippen LogP contribution >= 0.6 is 0 Å². The van der Waals surface area contributed by atoms with Gasteiger partial charge in [-0.15, -0.1) is 6.58 Å². The molecule has 0 aliphatic heterocycles. The maximum absolute atomic E-state index is 8.47. The third-order valence-corrected chi connectivity index (χ3v) is 0.866. The molecule has 0 amide bonds. The highest BCUT2D eigenvalue weighted by atomic mass is 16.5. The molecule has 0 aromatic heterocycles. The van der Waals surface area contributed by atoms with Gasteiger partial charge in [-0.1, -0.05) is 6.08 Å². The first-order chi connectivity index (χ1) is 4.35. The van der Waals surface area contributed by atoms with Gasteiger partial charge in [-0.2, -0.15) is 0 Å². The van der Waals surface area contributed by atoms with Gasteiger partial charge in [0.25, 0.3) is 0 Å². The first-order valence-corrected chi connectivity index (χ1v) is 2.81. The number of hydrogen-bond donors (Lipinski definition) is 2. The van der Waals surface area contributed by atoms with Crippen molar-refractivity contribution >= 4 is 0 Å². The van der Waals surface area contributed by atoms with E-state index in [9.17, 15) is 0 Å². The van der Waals surface area contributed by atoms with Crippen molar-refractivity contribution < 1.29 is 14.9 Å². The fourth-order valence-electron chi connectivity index (χ4n) is 0.399. The van der Waals surface area contributed by atoms with Gasteiger partial charge in [0.15, 0.2) is 0 Å². The van der Waals surface area contributed by atoms with Crippen molar-refractivity contribution in [1.82, 2.24) is 0 Å². The van der Waals surface area contributed by atoms with Crippen molar-refractivity contribution in [1.29, 1.82) is 0 Å². The molecule has 0 aromatic carbocycles. The van der Waals surface area contributed by atoms with Gasteiger partial charge in [-0.05, 0) is 0 Å². The van der Waals surface area contributed by atoms with Gasteiger partial charge >= 0.3 is 0 Å². The average molecular weight is 132 g/mol. The fourth-order valence-corrected chi connectivity index (χ4v) is 0.399. The standard InChI is InChI=1S/C6H12O3/c1-2-6(5-8)9-4-3-7/h2,6-8H,1,3-5H2. The zero-order chi connectivity index (χ0) is 7.11. The van der Waals surface area contributed by atoms with Crippen molar-refractivity contribution in [3.05, 3.63) is 12.7 Å². The van der Waals surface area contributed by atoms with Crippen LogP contribution < -0.4 is 0 Å². The summed E-state index contributed by atoms with van der Waals surface area (Å²) in [5, 5.41) is 16.7. The maximum atomic E-state index is 8.47. The summed E-state index contributed by atoms with van der Waals surface area (Å²) in [6.45, 7) is 3.56. The SMILES string of the molecule is C=CC(CO)OCCO. The Bertz CT molecular complexity index is 72.7. The Kier molecular flexibility index (Phi) is 5.51. The normalized spacial score (nSPS) is 13.1. The zero-order valence-corrected chi connectivity index (χ0v) is 5.29. The first kappa shape index (κ1) is 8.62. The summed E-state index contributed by atoms with van der Waals surface area (Å²) in [7, 11) is 0. The largest absolute Gasteiger partial charge is 0.394 e. The highest BCUT2D eigenvalue weighted by Crippen LogP contribution is 1.89. The van der Waals surface area contributed by atoms with Crippen LogP contribution in [0.3, 0.4) is 0 Å². The molecule has 0 saturated carbocycles. The van der Waals surface area contributed by atoms with Crippen LogP contribution in [0.25, 0.3) is 0 Å². The van der Waals surface area contributed by atoms with E-state index < -0.39 is 0 Å². The molecule has 2 N–H and O–H groups in total. The molecule has 0 bridgehead atoms. The Balaban J connectivity index is 3.20. The maximum Gasteiger partial charge on any atom is 0.0985 e. The Labute approximate surface area is 54.6 Å². The van der Waals surface area contributed by atoms with E-state index in [0.29, 0.717) is 0 Å². The second-order valence-corrected chi connectivity index (χ2v) is 1.55. The number of aliphatic hydroxyl groups excluding tert-OH is 2. The number of aliphatic hydroxyl groups is 2. The quantitative estimate of drug-likeness (QED) is 0.498. The molecule has 0 aliphatic carbocycles. The summed E-state index contributed by atoms with van der Waals surface area (Å²) in [5.41, 5.74) is 0. The van der Waals surface area contributed by atoms with Crippen LogP contribution in [0, 0.1) is 0 Å². The van der Waals surface area contributed by atoms with Gasteiger partial charge in [0.2, 0.25) is 0 Å². The molecule has 54 valence electrons. The van der Waals surface area contributed by atoms with Crippen molar-refractivity contribution in [3.8, 4) is 0 Å². The monoisotopic (exact) mass is 132 g/mol. The minimum Gasteiger partial charge on any atom is -0.394 e. The van der Waals surface area contributed by atoms with E-state index >= 15 is 0 Å². The van der Waals surface area contributed by atoms with E-state index in [1.54, 1.807) is 0 Å². The molecule has 0 saturated heterocycles. The number of ether oxygens (including phenoxy) is 1. The van der Waals surface area contributed by atoms with Gasteiger partial charge < -0.3 is 14.9 Å². The lowest BCUT2D eigenvalue weighted by molar-refractivity contribution is 0.0231. The van der Waals surface area contributed by atoms with Crippen LogP contribution in [0.5, 0.6) is 0 Å². The summed E-state index contributed by atoms with van der Waals surface area (Å²) < 4.78 is 4.87. The Morgan fingerprint density at radius 2 is 2.22 bits per heavy atom. The average Bonchev–Trinajstić information content (AvgIpc) is 1.91. The molecule has 0 aromatic rings. The van der Waals surface area contributed by atoms with Gasteiger partial charge in [0.1, 0.15) is 0 Å². The fraction of sp³-hybridized carbons (Fsp3) is 0.667. The predicted molar refractivity (Wildman–Crippen MR) is 34.1 cm³/mol. The van der Waals surface area contributed by atoms with Crippen LogP contribution in [0.2, 0.25) is 0 Å². The molecule has 3 heteroatoms. The smallest absolute Gasteiger partial charge is 0.0985 e. The molecule has 1 atom stereocenters. The Morgan fingerprint density at radius 1 is 1.56 bits per heavy atom. The predicted octanol–water partition coefficient (Wildman–Crippen LogP) is -0.458. The summed E-state index contributed by atoms with van der Waals surface area (Å²) >= 11 is 0. The van der Waals surface area contributed by atoms with Gasteiger partial charge in [-0.25, -0.2) is 0 Å². The Morgan fingerprint density at radius 3 is 2.56 bits per heavy atom. The summed E-state index contributed by atoms with van der Waals surface area (Å²) in [5.74, 6) is 0. The highest BCUT2D eigenvalue weighted by molar-refractivity contribution is 4.78. The molecular weight excluding hydrogens is 120 g/mol. The van der Waals surface area contributed by atoms with Gasteiger partial charge in [-0.3, -0.25) is 0 Å². The second-order valence-electron chi connectivity index (χ2n) is 1.55. The van der Waals surface area contributed by atoms with E-state index in [4.69, 9.17) is 14.9 Å². The minimum absolute atomic E-state index is 0.0235. The van der Waals surface area contributed by atoms with Crippen LogP contribution in [-0.4, -0.2) is 36.1 Å². The van der Waals surface area contributed by atoms with Gasteiger partial charge in [0, 0.05) is 0 Å². The van der Waals surface area contributed by atoms with E-state index in [2.05, 4.69) is 6.58 Å². The van der Waals surface area contributed by atoms with E-state index in [1.165, 1.54) is 6.08 Å². The van der Waals surface area contributed by atoms with E-state index in [0.717, 1.165) is 0 Å². The van der Waals surface area contributed by atoms with Gasteiger partial charge in [0.05, 0.1) is 25.9 Å². The molecule has 0 heterocycles. The van der Waals surface area contributed by atoms with Crippen molar-refractivity contribution in [2.45, 2.75) is 6.10 Å². The molecule has 0 aliphatic rings. The van der Waals surface area contributed by atoms with Crippen molar-refractivity contribution in [3.63, 3.8) is 0 Å². The van der Waals surface area contributed by atoms with Crippen LogP contribution in [0.15, 0.2) is 12.7 Å². The summed E-state index contributed by atoms with van der Waals surface area (Å²) in [4.78, 5) is 0. The van der Waals surface area contributed by atoms with Crippen molar-refractivity contribution in [2.75, 3.05) is 19.8 Å². The number of rotatable bonds is 5. The topological polar surface area (TPSA) is 49.7 Å². The van der Waals surface area contributed by atoms with E-state index in [-0.39, 0.29) is 25.9 Å². The Hall–Kier alpha value is -0.380. The van der Waals surface area contributed by atoms with E-state index in [1.807, 2.05) is 0 Å². The lowest BCUT2D eigenvalue weighted by Gasteiger charge is -2.07. The molecule has 9 heavy (non-hydrogen) atoms. The van der Waals surface area contributed by atoms with Crippen LogP contribution in [0.1, 0.15) is 0 Å². The summed E-state index contributed by atoms with van der Waals surface area (Å²) in [6.07, 6.45) is 1.16. The van der Waals surface area contributed by atoms with Crippen LogP contribution in [-0.2, 0) is 4.74 Å². The molecule has 1 unspecified atom stereocenters. The minimum atomic E-state index is -0.336. The molecule has 0 radical (unpaired) electrons. The first-order valence-electron chi connectivity index (χ1n) is 2.81. The number of hydrogen-bond acceptors (Lipinski definition) is 3. The summed E-state index contributed by atoms with van der Waals surface area (Å²) in [6, 6.07) is 0. The van der Waals surface area contributed by atoms with Crippen molar-refractivity contribution in [2.24, 2.45) is 0 Å². The molecule has 0 rings (SSSR count). The lowest BCUT2D eigenvalue weighted by atomic mass is 10.4.